The maximum atomic E-state index is 12.5. The quantitative estimate of drug-likeness (QED) is 0.115. The minimum Gasteiger partial charge on any atom is -0.465 e. The van der Waals surface area contributed by atoms with E-state index in [1.807, 2.05) is 13.8 Å². The monoisotopic (exact) mass is 590 g/mol. The summed E-state index contributed by atoms with van der Waals surface area (Å²) in [4.78, 5) is 47.8. The van der Waals surface area contributed by atoms with E-state index in [-0.39, 0.29) is 42.5 Å². The lowest BCUT2D eigenvalue weighted by Gasteiger charge is -2.19. The minimum atomic E-state index is -0.644. The zero-order valence-corrected chi connectivity index (χ0v) is 26.1. The van der Waals surface area contributed by atoms with Crippen LogP contribution in [-0.4, -0.2) is 50.7 Å². The summed E-state index contributed by atoms with van der Waals surface area (Å²) in [6.07, 6.45) is 17.4. The van der Waals surface area contributed by atoms with Crippen LogP contribution in [0.1, 0.15) is 117 Å². The summed E-state index contributed by atoms with van der Waals surface area (Å²) in [5.74, 6) is -0.667. The van der Waals surface area contributed by atoms with Gasteiger partial charge in [0.15, 0.2) is 11.2 Å². The van der Waals surface area contributed by atoms with Gasteiger partial charge in [-0.1, -0.05) is 91.4 Å². The Kier molecular flexibility index (Phi) is 16.8. The van der Waals surface area contributed by atoms with Crippen LogP contribution in [0.4, 0.5) is 5.95 Å². The largest absolute Gasteiger partial charge is 0.465 e. The number of imidazole rings is 1. The number of aromatic nitrogens is 4. The van der Waals surface area contributed by atoms with Gasteiger partial charge in [-0.15, -0.1) is 0 Å². The van der Waals surface area contributed by atoms with Gasteiger partial charge in [0.1, 0.15) is 6.04 Å². The number of hydrogen-bond donors (Lipinski definition) is 3. The summed E-state index contributed by atoms with van der Waals surface area (Å²) in [7, 11) is 0. The summed E-state index contributed by atoms with van der Waals surface area (Å²) >= 11 is 0. The van der Waals surface area contributed by atoms with Crippen LogP contribution in [0.15, 0.2) is 11.1 Å². The molecule has 0 aliphatic rings. The predicted molar refractivity (Wildman–Crippen MR) is 166 cm³/mol. The molecule has 238 valence electrons. The van der Waals surface area contributed by atoms with Crippen LogP contribution < -0.4 is 17.0 Å². The van der Waals surface area contributed by atoms with Crippen LogP contribution in [0.25, 0.3) is 11.2 Å². The second-order valence-electron chi connectivity index (χ2n) is 11.6. The van der Waals surface area contributed by atoms with Crippen molar-refractivity contribution in [2.45, 2.75) is 130 Å². The number of carbonyl (C=O) groups excluding carboxylic acids is 2. The van der Waals surface area contributed by atoms with Crippen molar-refractivity contribution in [3.05, 3.63) is 16.7 Å². The molecule has 11 heteroatoms. The third-order valence-corrected chi connectivity index (χ3v) is 7.94. The summed E-state index contributed by atoms with van der Waals surface area (Å²) in [6, 6.07) is -0.644. The third-order valence-electron chi connectivity index (χ3n) is 7.94. The number of rotatable bonds is 23. The first-order valence-corrected chi connectivity index (χ1v) is 16.0. The smallest absolute Gasteiger partial charge is 0.323 e. The molecular weight excluding hydrogens is 536 g/mol. The van der Waals surface area contributed by atoms with E-state index in [0.29, 0.717) is 31.5 Å². The first-order chi connectivity index (χ1) is 20.3. The molecule has 0 saturated carbocycles. The average molecular weight is 591 g/mol. The van der Waals surface area contributed by atoms with Gasteiger partial charge in [-0.05, 0) is 25.2 Å². The first-order valence-electron chi connectivity index (χ1n) is 16.0. The fourth-order valence-corrected chi connectivity index (χ4v) is 4.95. The lowest BCUT2D eigenvalue weighted by Crippen LogP contribution is -2.38. The Morgan fingerprint density at radius 2 is 1.62 bits per heavy atom. The molecule has 0 saturated heterocycles. The molecule has 11 nitrogen and oxygen atoms in total. The molecular formula is C31H54N6O5. The molecule has 2 aromatic heterocycles. The zero-order chi connectivity index (χ0) is 30.7. The minimum absolute atomic E-state index is 0.00811. The molecule has 0 amide bonds. The van der Waals surface area contributed by atoms with Crippen LogP contribution in [0.5, 0.6) is 0 Å². The number of unbranched alkanes of at least 4 members (excludes halogenated alkanes) is 10. The van der Waals surface area contributed by atoms with Crippen molar-refractivity contribution in [1.29, 1.82) is 0 Å². The number of esters is 2. The van der Waals surface area contributed by atoms with Crippen molar-refractivity contribution in [2.75, 3.05) is 18.9 Å². The predicted octanol–water partition coefficient (Wildman–Crippen LogP) is 5.26. The number of H-pyrrole nitrogens is 1. The van der Waals surface area contributed by atoms with E-state index in [1.165, 1.54) is 57.7 Å². The van der Waals surface area contributed by atoms with E-state index in [9.17, 15) is 14.4 Å². The number of nitrogens with two attached hydrogens (primary N) is 2. The van der Waals surface area contributed by atoms with Crippen molar-refractivity contribution in [3.8, 4) is 0 Å². The molecule has 2 heterocycles. The van der Waals surface area contributed by atoms with Crippen LogP contribution in [0.2, 0.25) is 0 Å². The Labute approximate surface area is 250 Å². The van der Waals surface area contributed by atoms with Crippen LogP contribution in [-0.2, 0) is 25.6 Å². The average Bonchev–Trinajstić information content (AvgIpc) is 3.38. The van der Waals surface area contributed by atoms with Gasteiger partial charge < -0.3 is 25.5 Å². The van der Waals surface area contributed by atoms with Crippen molar-refractivity contribution in [3.63, 3.8) is 0 Å². The van der Waals surface area contributed by atoms with Crippen molar-refractivity contribution in [2.24, 2.45) is 17.6 Å². The Balaban J connectivity index is 1.80. The zero-order valence-electron chi connectivity index (χ0n) is 26.1. The number of nitrogen functional groups attached to an aromatic ring is 1. The first kappa shape index (κ1) is 35.2. The third kappa shape index (κ3) is 12.9. The molecule has 42 heavy (non-hydrogen) atoms. The van der Waals surface area contributed by atoms with Gasteiger partial charge in [-0.25, -0.2) is 4.98 Å². The highest BCUT2D eigenvalue weighted by molar-refractivity contribution is 5.75. The second-order valence-corrected chi connectivity index (χ2v) is 11.6. The molecule has 0 spiro atoms. The van der Waals surface area contributed by atoms with Gasteiger partial charge in [0.05, 0.1) is 19.5 Å². The van der Waals surface area contributed by atoms with Gasteiger partial charge in [0, 0.05) is 18.9 Å². The number of aromatic amines is 1. The molecule has 0 aromatic carbocycles. The van der Waals surface area contributed by atoms with E-state index in [2.05, 4.69) is 21.9 Å². The molecule has 2 rings (SSSR count). The molecule has 0 aliphatic heterocycles. The Morgan fingerprint density at radius 3 is 2.26 bits per heavy atom. The standard InChI is InChI=1S/C31H54N6O5/c1-4-6-7-8-9-10-11-12-13-14-15-18-25(38)42-21-24(17-16-19-41-30(40)26(32)23(3)5-2)20-37-22-34-27-28(37)35-31(33)36-29(27)39/h22-24,26H,4-21,32H2,1-3H3,(H3,33,35,36,39)/t23-,24+,26-/m0/s1. The van der Waals surface area contributed by atoms with Gasteiger partial charge in [-0.2, -0.15) is 4.98 Å². The number of hydrogen-bond acceptors (Lipinski definition) is 9. The fraction of sp³-hybridized carbons (Fsp3) is 0.774. The Morgan fingerprint density at radius 1 is 0.976 bits per heavy atom. The molecule has 2 aromatic rings. The van der Waals surface area contributed by atoms with Crippen LogP contribution in [0, 0.1) is 11.8 Å². The van der Waals surface area contributed by atoms with Crippen LogP contribution in [0.3, 0.4) is 0 Å². The van der Waals surface area contributed by atoms with Gasteiger partial charge in [0.2, 0.25) is 5.95 Å². The molecule has 0 bridgehead atoms. The second kappa shape index (κ2) is 20.0. The highest BCUT2D eigenvalue weighted by Crippen LogP contribution is 2.17. The van der Waals surface area contributed by atoms with E-state index in [1.54, 1.807) is 4.57 Å². The Hall–Kier alpha value is -2.95. The highest BCUT2D eigenvalue weighted by Gasteiger charge is 2.21. The van der Waals surface area contributed by atoms with E-state index in [4.69, 9.17) is 20.9 Å². The lowest BCUT2D eigenvalue weighted by molar-refractivity contribution is -0.146. The van der Waals surface area contributed by atoms with Crippen molar-refractivity contribution < 1.29 is 19.1 Å². The molecule has 0 fully saturated rings. The summed E-state index contributed by atoms with van der Waals surface area (Å²) in [5.41, 5.74) is 11.9. The Bertz CT molecular complexity index is 1120. The number of ether oxygens (including phenoxy) is 2. The SMILES string of the molecule is CCCCCCCCCCCCCC(=O)OC[C@H](CCCOC(=O)[C@@H](N)[C@@H](C)CC)Cn1cnc2c(=O)[nH]c(N)nc21. The maximum Gasteiger partial charge on any atom is 0.323 e. The number of nitrogens with one attached hydrogen (secondary N) is 1. The summed E-state index contributed by atoms with van der Waals surface area (Å²) in [6.45, 7) is 6.99. The molecule has 0 unspecified atom stereocenters. The molecule has 0 aliphatic carbocycles. The molecule has 0 radical (unpaired) electrons. The number of fused-ring (bicyclic) bond motifs is 1. The molecule has 3 atom stereocenters. The van der Waals surface area contributed by atoms with E-state index in [0.717, 1.165) is 25.7 Å². The summed E-state index contributed by atoms with van der Waals surface area (Å²) < 4.78 is 12.8. The topological polar surface area (TPSA) is 168 Å². The number of anilines is 1. The molecule has 5 N–H and O–H groups in total. The van der Waals surface area contributed by atoms with Gasteiger partial charge >= 0.3 is 11.9 Å². The summed E-state index contributed by atoms with van der Waals surface area (Å²) in [5, 5.41) is 0. The van der Waals surface area contributed by atoms with Crippen LogP contribution >= 0.6 is 0 Å². The van der Waals surface area contributed by atoms with Gasteiger partial charge in [-0.3, -0.25) is 19.4 Å². The normalized spacial score (nSPS) is 13.6. The van der Waals surface area contributed by atoms with E-state index < -0.39 is 17.6 Å². The van der Waals surface area contributed by atoms with Crippen molar-refractivity contribution in [1.82, 2.24) is 19.5 Å². The number of nitrogens with zero attached hydrogens (tertiary/aromatic N) is 3. The van der Waals surface area contributed by atoms with E-state index >= 15 is 0 Å². The lowest BCUT2D eigenvalue weighted by atomic mass is 10.0. The van der Waals surface area contributed by atoms with Crippen molar-refractivity contribution >= 4 is 29.1 Å². The number of carbonyl (C=O) groups is 2. The van der Waals surface area contributed by atoms with Gasteiger partial charge in [0.25, 0.3) is 5.56 Å². The fourth-order valence-electron chi connectivity index (χ4n) is 4.95. The maximum absolute atomic E-state index is 12.5. The highest BCUT2D eigenvalue weighted by atomic mass is 16.5.